The van der Waals surface area contributed by atoms with Crippen LogP contribution in [0.25, 0.3) is 11.4 Å². The molecule has 0 radical (unpaired) electrons. The van der Waals surface area contributed by atoms with Crippen LogP contribution in [0.15, 0.2) is 40.9 Å². The van der Waals surface area contributed by atoms with Gasteiger partial charge in [-0.3, -0.25) is 4.79 Å². The van der Waals surface area contributed by atoms with Crippen molar-refractivity contribution < 1.29 is 27.6 Å². The maximum Gasteiger partial charge on any atom is 0.254 e. The van der Waals surface area contributed by atoms with Crippen LogP contribution in [0.3, 0.4) is 0 Å². The molecule has 1 atom stereocenters. The van der Waals surface area contributed by atoms with E-state index in [1.165, 1.54) is 13.2 Å². The van der Waals surface area contributed by atoms with Gasteiger partial charge >= 0.3 is 0 Å². The molecule has 1 amide bonds. The van der Waals surface area contributed by atoms with Crippen LogP contribution in [0.4, 0.5) is 8.78 Å². The molecular formula is C21H19F2N3O4. The number of rotatable bonds is 5. The van der Waals surface area contributed by atoms with Crippen LogP contribution in [-0.4, -0.2) is 41.7 Å². The van der Waals surface area contributed by atoms with Gasteiger partial charge < -0.3 is 18.9 Å². The number of carbonyl (C=O) groups is 1. The summed E-state index contributed by atoms with van der Waals surface area (Å²) in [7, 11) is 3.08. The summed E-state index contributed by atoms with van der Waals surface area (Å²) in [5, 5.41) is 4.02. The largest absolute Gasteiger partial charge is 0.493 e. The van der Waals surface area contributed by atoms with E-state index in [2.05, 4.69) is 10.1 Å². The first-order valence-corrected chi connectivity index (χ1v) is 9.34. The van der Waals surface area contributed by atoms with Crippen LogP contribution in [0.1, 0.15) is 35.1 Å². The summed E-state index contributed by atoms with van der Waals surface area (Å²) in [5.41, 5.74) is 0.736. The molecule has 0 aliphatic carbocycles. The number of carbonyl (C=O) groups excluding carboxylic acids is 1. The zero-order valence-electron chi connectivity index (χ0n) is 16.4. The fourth-order valence-electron chi connectivity index (χ4n) is 3.52. The molecule has 1 fully saturated rings. The van der Waals surface area contributed by atoms with Gasteiger partial charge in [0.05, 0.1) is 14.2 Å². The minimum absolute atomic E-state index is 0.0698. The third-order valence-corrected chi connectivity index (χ3v) is 5.05. The van der Waals surface area contributed by atoms with Gasteiger partial charge in [-0.15, -0.1) is 0 Å². The Morgan fingerprint density at radius 1 is 1.10 bits per heavy atom. The van der Waals surface area contributed by atoms with Crippen LogP contribution in [0, 0.1) is 11.6 Å². The normalized spacial score (nSPS) is 16.0. The molecule has 1 unspecified atom stereocenters. The van der Waals surface area contributed by atoms with Crippen molar-refractivity contribution in [1.29, 1.82) is 0 Å². The monoisotopic (exact) mass is 415 g/mol. The molecule has 0 saturated carbocycles. The highest BCUT2D eigenvalue weighted by atomic mass is 19.2. The molecule has 1 aliphatic rings. The molecule has 1 aliphatic heterocycles. The van der Waals surface area contributed by atoms with E-state index in [0.717, 1.165) is 18.6 Å². The summed E-state index contributed by atoms with van der Waals surface area (Å²) in [5.74, 6) is -0.749. The summed E-state index contributed by atoms with van der Waals surface area (Å²) in [4.78, 5) is 18.8. The highest BCUT2D eigenvalue weighted by molar-refractivity contribution is 5.94. The SMILES string of the molecule is COc1ccc(-c2noc(C3CCCN3C(=O)c3ccc(F)c(F)c3)n2)cc1OC. The third kappa shape index (κ3) is 3.58. The molecule has 9 heteroatoms. The van der Waals surface area contributed by atoms with Crippen LogP contribution in [0.2, 0.25) is 0 Å². The number of amides is 1. The fourth-order valence-corrected chi connectivity index (χ4v) is 3.52. The van der Waals surface area contributed by atoms with E-state index in [4.69, 9.17) is 14.0 Å². The lowest BCUT2D eigenvalue weighted by Gasteiger charge is -2.21. The zero-order chi connectivity index (χ0) is 21.3. The molecule has 3 aromatic rings. The minimum Gasteiger partial charge on any atom is -0.493 e. The van der Waals surface area contributed by atoms with E-state index < -0.39 is 23.6 Å². The van der Waals surface area contributed by atoms with E-state index in [9.17, 15) is 13.6 Å². The molecule has 4 rings (SSSR count). The molecular weight excluding hydrogens is 396 g/mol. The molecule has 7 nitrogen and oxygen atoms in total. The van der Waals surface area contributed by atoms with Gasteiger partial charge in [0.25, 0.3) is 5.91 Å². The Labute approximate surface area is 171 Å². The van der Waals surface area contributed by atoms with Crippen molar-refractivity contribution in [3.63, 3.8) is 0 Å². The molecule has 1 aromatic heterocycles. The standard InChI is InChI=1S/C21H19F2N3O4/c1-28-17-8-6-12(11-18(17)29-2)19-24-20(30-25-19)16-4-3-9-26(16)21(27)13-5-7-14(22)15(23)10-13/h5-8,10-11,16H,3-4,9H2,1-2H3. The van der Waals surface area contributed by atoms with Crippen molar-refractivity contribution in [1.82, 2.24) is 15.0 Å². The lowest BCUT2D eigenvalue weighted by atomic mass is 10.1. The van der Waals surface area contributed by atoms with Gasteiger partial charge in [0, 0.05) is 17.7 Å². The second-order valence-corrected chi connectivity index (χ2v) is 6.81. The number of likely N-dealkylation sites (tertiary alicyclic amines) is 1. The number of nitrogens with zero attached hydrogens (tertiary/aromatic N) is 3. The van der Waals surface area contributed by atoms with Crippen molar-refractivity contribution >= 4 is 5.91 Å². The lowest BCUT2D eigenvalue weighted by molar-refractivity contribution is 0.0709. The van der Waals surface area contributed by atoms with Gasteiger partial charge in [0.15, 0.2) is 23.1 Å². The second-order valence-electron chi connectivity index (χ2n) is 6.81. The smallest absolute Gasteiger partial charge is 0.254 e. The number of methoxy groups -OCH3 is 2. The Morgan fingerprint density at radius 2 is 1.90 bits per heavy atom. The second kappa shape index (κ2) is 8.10. The summed E-state index contributed by atoms with van der Waals surface area (Å²) in [6.45, 7) is 0.455. The van der Waals surface area contributed by atoms with Crippen LogP contribution in [-0.2, 0) is 0 Å². The van der Waals surface area contributed by atoms with Crippen LogP contribution >= 0.6 is 0 Å². The molecule has 2 heterocycles. The summed E-state index contributed by atoms with van der Waals surface area (Å²) >= 11 is 0. The Hall–Kier alpha value is -3.49. The Bertz CT molecular complexity index is 1090. The summed E-state index contributed by atoms with van der Waals surface area (Å²) in [6.07, 6.45) is 1.36. The topological polar surface area (TPSA) is 77.7 Å². The maximum absolute atomic E-state index is 13.5. The molecule has 1 saturated heterocycles. The van der Waals surface area contributed by atoms with E-state index in [1.54, 1.807) is 30.2 Å². The highest BCUT2D eigenvalue weighted by Gasteiger charge is 2.35. The molecule has 30 heavy (non-hydrogen) atoms. The molecule has 0 N–H and O–H groups in total. The first kappa shape index (κ1) is 19.8. The first-order chi connectivity index (χ1) is 14.5. The van der Waals surface area contributed by atoms with E-state index in [0.29, 0.717) is 35.9 Å². The first-order valence-electron chi connectivity index (χ1n) is 9.34. The maximum atomic E-state index is 13.5. The van der Waals surface area contributed by atoms with E-state index in [-0.39, 0.29) is 11.5 Å². The van der Waals surface area contributed by atoms with Crippen LogP contribution in [0.5, 0.6) is 11.5 Å². The summed E-state index contributed by atoms with van der Waals surface area (Å²) in [6, 6.07) is 7.90. The van der Waals surface area contributed by atoms with E-state index >= 15 is 0 Å². The van der Waals surface area contributed by atoms with Gasteiger partial charge in [0.2, 0.25) is 11.7 Å². The number of ether oxygens (including phenoxy) is 2. The predicted octanol–water partition coefficient (Wildman–Crippen LogP) is 4.01. The number of benzene rings is 2. The van der Waals surface area contributed by atoms with Gasteiger partial charge in [0.1, 0.15) is 6.04 Å². The number of halogens is 2. The lowest BCUT2D eigenvalue weighted by Crippen LogP contribution is -2.30. The Morgan fingerprint density at radius 3 is 2.63 bits per heavy atom. The molecule has 0 bridgehead atoms. The molecule has 0 spiro atoms. The van der Waals surface area contributed by atoms with Crippen molar-refractivity contribution in [2.75, 3.05) is 20.8 Å². The van der Waals surface area contributed by atoms with Crippen molar-refractivity contribution in [3.8, 4) is 22.9 Å². The molecule has 156 valence electrons. The third-order valence-electron chi connectivity index (χ3n) is 5.05. The quantitative estimate of drug-likeness (QED) is 0.627. The number of hydrogen-bond donors (Lipinski definition) is 0. The van der Waals surface area contributed by atoms with Crippen LogP contribution < -0.4 is 9.47 Å². The van der Waals surface area contributed by atoms with Gasteiger partial charge in [-0.2, -0.15) is 4.98 Å². The van der Waals surface area contributed by atoms with Crippen molar-refractivity contribution in [3.05, 3.63) is 59.5 Å². The molecule has 2 aromatic carbocycles. The van der Waals surface area contributed by atoms with Gasteiger partial charge in [-0.25, -0.2) is 8.78 Å². The highest BCUT2D eigenvalue weighted by Crippen LogP contribution is 2.35. The average Bonchev–Trinajstić information content (AvgIpc) is 3.44. The van der Waals surface area contributed by atoms with Crippen molar-refractivity contribution in [2.45, 2.75) is 18.9 Å². The van der Waals surface area contributed by atoms with Gasteiger partial charge in [-0.1, -0.05) is 5.16 Å². The van der Waals surface area contributed by atoms with E-state index in [1.807, 2.05) is 0 Å². The predicted molar refractivity (Wildman–Crippen MR) is 102 cm³/mol. The Kier molecular flexibility index (Phi) is 5.35. The average molecular weight is 415 g/mol. The van der Waals surface area contributed by atoms with Crippen molar-refractivity contribution in [2.24, 2.45) is 0 Å². The summed E-state index contributed by atoms with van der Waals surface area (Å²) < 4.78 is 42.7. The van der Waals surface area contributed by atoms with Gasteiger partial charge in [-0.05, 0) is 49.2 Å². The number of aromatic nitrogens is 2. The fraction of sp³-hybridized carbons (Fsp3) is 0.286. The number of hydrogen-bond acceptors (Lipinski definition) is 6. The minimum atomic E-state index is -1.06. The Balaban J connectivity index is 1.59. The zero-order valence-corrected chi connectivity index (χ0v) is 16.4.